The predicted molar refractivity (Wildman–Crippen MR) is 33.4 cm³/mol. The van der Waals surface area contributed by atoms with E-state index in [9.17, 15) is 4.79 Å². The van der Waals surface area contributed by atoms with E-state index in [-0.39, 0.29) is 0 Å². The van der Waals surface area contributed by atoms with Crippen LogP contribution in [0.15, 0.2) is 0 Å². The fourth-order valence-electron chi connectivity index (χ4n) is 0.0845. The lowest BCUT2D eigenvalue weighted by molar-refractivity contribution is -0.130. The first-order chi connectivity index (χ1) is 3.06. The molecule has 0 saturated heterocycles. The second-order valence-electron chi connectivity index (χ2n) is 1.02. The smallest absolute Gasteiger partial charge is 0.295 e. The zero-order chi connectivity index (χ0) is 5.91. The maximum Gasteiger partial charge on any atom is 0.295 e. The molecule has 0 spiro atoms. The standard InChI is InChI=1S/C3H4Br2O2/c1-3(4,5)7-2-6/h2H,1H3. The number of hydrogen-bond donors (Lipinski definition) is 0. The van der Waals surface area contributed by atoms with Gasteiger partial charge < -0.3 is 4.74 Å². The van der Waals surface area contributed by atoms with E-state index in [1.54, 1.807) is 6.92 Å². The van der Waals surface area contributed by atoms with Crippen LogP contribution in [-0.4, -0.2) is 9.89 Å². The second kappa shape index (κ2) is 2.67. The van der Waals surface area contributed by atoms with Crippen LogP contribution in [0.25, 0.3) is 0 Å². The van der Waals surface area contributed by atoms with Crippen LogP contribution >= 0.6 is 31.9 Å². The van der Waals surface area contributed by atoms with E-state index >= 15 is 0 Å². The lowest BCUT2D eigenvalue weighted by Gasteiger charge is -2.09. The quantitative estimate of drug-likeness (QED) is 0.534. The van der Waals surface area contributed by atoms with Crippen LogP contribution < -0.4 is 0 Å². The molecule has 4 heteroatoms. The largest absolute Gasteiger partial charge is 0.440 e. The van der Waals surface area contributed by atoms with Gasteiger partial charge in [0.2, 0.25) is 3.42 Å². The Hall–Kier alpha value is 0.430. The van der Waals surface area contributed by atoms with Gasteiger partial charge in [0.05, 0.1) is 0 Å². The topological polar surface area (TPSA) is 26.3 Å². The molecule has 0 amide bonds. The van der Waals surface area contributed by atoms with Crippen molar-refractivity contribution in [3.8, 4) is 0 Å². The zero-order valence-corrected chi connectivity index (χ0v) is 6.82. The first-order valence-corrected chi connectivity index (χ1v) is 3.14. The van der Waals surface area contributed by atoms with Gasteiger partial charge in [0.15, 0.2) is 0 Å². The zero-order valence-electron chi connectivity index (χ0n) is 3.65. The van der Waals surface area contributed by atoms with Crippen LogP contribution in [-0.2, 0) is 9.53 Å². The SMILES string of the molecule is CC(Br)(Br)OC=O. The number of carbonyl (C=O) groups excluding carboxylic acids is 1. The molecule has 0 aliphatic rings. The molecule has 0 saturated carbocycles. The Morgan fingerprint density at radius 2 is 2.14 bits per heavy atom. The minimum Gasteiger partial charge on any atom is -0.440 e. The summed E-state index contributed by atoms with van der Waals surface area (Å²) in [6.45, 7) is 2.02. The molecule has 0 aromatic rings. The van der Waals surface area contributed by atoms with Crippen molar-refractivity contribution in [3.05, 3.63) is 0 Å². The molecule has 0 aliphatic carbocycles. The van der Waals surface area contributed by atoms with Gasteiger partial charge in [-0.1, -0.05) is 0 Å². The number of ether oxygens (including phenoxy) is 1. The summed E-state index contributed by atoms with van der Waals surface area (Å²) in [4.78, 5) is 9.54. The maximum absolute atomic E-state index is 9.54. The summed E-state index contributed by atoms with van der Waals surface area (Å²) in [5, 5.41) is 0. The minimum absolute atomic E-state index is 0.365. The van der Waals surface area contributed by atoms with E-state index in [1.807, 2.05) is 0 Å². The van der Waals surface area contributed by atoms with Crippen LogP contribution in [0.4, 0.5) is 0 Å². The summed E-state index contributed by atoms with van der Waals surface area (Å²) >= 11 is 6.00. The molecular weight excluding hydrogens is 228 g/mol. The summed E-state index contributed by atoms with van der Waals surface area (Å²) in [5.74, 6) is 0. The highest BCUT2D eigenvalue weighted by Gasteiger charge is 2.13. The van der Waals surface area contributed by atoms with Crippen molar-refractivity contribution in [2.24, 2.45) is 0 Å². The second-order valence-corrected chi connectivity index (χ2v) is 5.11. The van der Waals surface area contributed by atoms with Gasteiger partial charge in [-0.3, -0.25) is 4.79 Å². The van der Waals surface area contributed by atoms with Crippen LogP contribution in [0.3, 0.4) is 0 Å². The lowest BCUT2D eigenvalue weighted by atomic mass is 10.9. The maximum atomic E-state index is 9.54. The fourth-order valence-corrected chi connectivity index (χ4v) is 0.237. The van der Waals surface area contributed by atoms with Gasteiger partial charge in [-0.15, -0.1) is 0 Å². The Kier molecular flexibility index (Phi) is 2.83. The van der Waals surface area contributed by atoms with E-state index in [4.69, 9.17) is 0 Å². The predicted octanol–water partition coefficient (Wildman–Crippen LogP) is 1.62. The third kappa shape index (κ3) is 6.43. The summed E-state index contributed by atoms with van der Waals surface area (Å²) in [7, 11) is 0. The molecule has 0 radical (unpaired) electrons. The van der Waals surface area contributed by atoms with Crippen LogP contribution in [0, 0.1) is 0 Å². The molecule has 42 valence electrons. The van der Waals surface area contributed by atoms with Crippen molar-refractivity contribution in [2.75, 3.05) is 0 Å². The van der Waals surface area contributed by atoms with Gasteiger partial charge in [0.1, 0.15) is 0 Å². The minimum atomic E-state index is -0.693. The highest BCUT2D eigenvalue weighted by atomic mass is 79.9. The molecule has 0 bridgehead atoms. The van der Waals surface area contributed by atoms with Crippen molar-refractivity contribution in [1.82, 2.24) is 0 Å². The molecule has 0 N–H and O–H groups in total. The average Bonchev–Trinajstić information content (AvgIpc) is 1.30. The molecule has 0 rings (SSSR count). The summed E-state index contributed by atoms with van der Waals surface area (Å²) < 4.78 is 3.69. The first kappa shape index (κ1) is 7.43. The Morgan fingerprint density at radius 3 is 2.14 bits per heavy atom. The van der Waals surface area contributed by atoms with E-state index in [0.717, 1.165) is 0 Å². The molecule has 0 aromatic heterocycles. The summed E-state index contributed by atoms with van der Waals surface area (Å²) in [6.07, 6.45) is 0. The molecule has 2 nitrogen and oxygen atoms in total. The van der Waals surface area contributed by atoms with Gasteiger partial charge in [-0.05, 0) is 38.8 Å². The van der Waals surface area contributed by atoms with Gasteiger partial charge in [0.25, 0.3) is 6.47 Å². The van der Waals surface area contributed by atoms with Crippen LogP contribution in [0.1, 0.15) is 6.92 Å². The number of halogens is 2. The number of alkyl halides is 2. The molecule has 0 fully saturated rings. The fraction of sp³-hybridized carbons (Fsp3) is 0.667. The highest BCUT2D eigenvalue weighted by Crippen LogP contribution is 2.24. The third-order valence-corrected chi connectivity index (χ3v) is 0.629. The van der Waals surface area contributed by atoms with E-state index in [0.29, 0.717) is 6.47 Å². The Labute approximate surface area is 58.5 Å². The van der Waals surface area contributed by atoms with Crippen molar-refractivity contribution in [2.45, 2.75) is 10.3 Å². The Morgan fingerprint density at radius 1 is 1.71 bits per heavy atom. The van der Waals surface area contributed by atoms with Crippen molar-refractivity contribution in [1.29, 1.82) is 0 Å². The monoisotopic (exact) mass is 230 g/mol. The van der Waals surface area contributed by atoms with E-state index in [1.165, 1.54) is 0 Å². The third-order valence-electron chi connectivity index (χ3n) is 0.255. The molecule has 0 heterocycles. The normalized spacial score (nSPS) is 10.7. The van der Waals surface area contributed by atoms with Gasteiger partial charge >= 0.3 is 0 Å². The van der Waals surface area contributed by atoms with Crippen LogP contribution in [0.2, 0.25) is 0 Å². The molecule has 7 heavy (non-hydrogen) atoms. The molecule has 0 atom stereocenters. The summed E-state index contributed by atoms with van der Waals surface area (Å²) in [5.41, 5.74) is 0. The number of carbonyl (C=O) groups is 1. The van der Waals surface area contributed by atoms with Gasteiger partial charge in [-0.25, -0.2) is 0 Å². The Balaban J connectivity index is 3.34. The molecule has 0 aliphatic heterocycles. The van der Waals surface area contributed by atoms with Crippen molar-refractivity contribution in [3.63, 3.8) is 0 Å². The van der Waals surface area contributed by atoms with Crippen LogP contribution in [0.5, 0.6) is 0 Å². The number of rotatable bonds is 2. The lowest BCUT2D eigenvalue weighted by Crippen LogP contribution is -2.08. The van der Waals surface area contributed by atoms with Gasteiger partial charge in [0, 0.05) is 0 Å². The highest BCUT2D eigenvalue weighted by molar-refractivity contribution is 9.25. The number of hydrogen-bond acceptors (Lipinski definition) is 2. The van der Waals surface area contributed by atoms with E-state index in [2.05, 4.69) is 36.6 Å². The average molecular weight is 232 g/mol. The summed E-state index contributed by atoms with van der Waals surface area (Å²) in [6, 6.07) is 0. The van der Waals surface area contributed by atoms with E-state index < -0.39 is 3.42 Å². The molecule has 0 aromatic carbocycles. The van der Waals surface area contributed by atoms with Crippen molar-refractivity contribution < 1.29 is 9.53 Å². The molecule has 0 unspecified atom stereocenters. The van der Waals surface area contributed by atoms with Gasteiger partial charge in [-0.2, -0.15) is 0 Å². The first-order valence-electron chi connectivity index (χ1n) is 1.55. The Bertz CT molecular complexity index is 65.8. The molecular formula is C3H4Br2O2. The van der Waals surface area contributed by atoms with Crippen molar-refractivity contribution >= 4 is 38.3 Å².